The van der Waals surface area contributed by atoms with Gasteiger partial charge in [0.25, 0.3) is 0 Å². The predicted molar refractivity (Wildman–Crippen MR) is 74.8 cm³/mol. The van der Waals surface area contributed by atoms with Crippen LogP contribution in [0.15, 0.2) is 16.8 Å². The standard InChI is InChI=1S/C13H22N2O2S/c1-5-17-10(2)13(16)14-8-12(15(3)4)11-6-7-18-9-11/h6-7,9-10,12H,5,8H2,1-4H3,(H,14,16). The second-order valence-corrected chi connectivity index (χ2v) is 5.16. The van der Waals surface area contributed by atoms with Crippen LogP contribution in [0.2, 0.25) is 0 Å². The van der Waals surface area contributed by atoms with Crippen molar-refractivity contribution >= 4 is 17.2 Å². The summed E-state index contributed by atoms with van der Waals surface area (Å²) in [5.74, 6) is -0.0565. The third-order valence-corrected chi connectivity index (χ3v) is 3.51. The molecule has 1 amide bonds. The minimum atomic E-state index is -0.389. The van der Waals surface area contributed by atoms with Crippen molar-refractivity contribution in [2.45, 2.75) is 26.0 Å². The molecule has 0 fully saturated rings. The van der Waals surface area contributed by atoms with E-state index in [0.29, 0.717) is 13.2 Å². The minimum absolute atomic E-state index is 0.0565. The number of ether oxygens (including phenoxy) is 1. The summed E-state index contributed by atoms with van der Waals surface area (Å²) in [7, 11) is 4.03. The van der Waals surface area contributed by atoms with E-state index < -0.39 is 0 Å². The summed E-state index contributed by atoms with van der Waals surface area (Å²) in [5, 5.41) is 7.10. The Hall–Kier alpha value is -0.910. The van der Waals surface area contributed by atoms with Crippen molar-refractivity contribution in [3.63, 3.8) is 0 Å². The summed E-state index contributed by atoms with van der Waals surface area (Å²) in [6.07, 6.45) is -0.389. The van der Waals surface area contributed by atoms with E-state index in [4.69, 9.17) is 4.74 Å². The molecule has 0 saturated carbocycles. The molecule has 1 rings (SSSR count). The Balaban J connectivity index is 2.51. The number of carbonyl (C=O) groups is 1. The number of nitrogens with zero attached hydrogens (tertiary/aromatic N) is 1. The molecule has 0 spiro atoms. The van der Waals surface area contributed by atoms with Crippen LogP contribution >= 0.6 is 11.3 Å². The first-order valence-electron chi connectivity index (χ1n) is 6.14. The van der Waals surface area contributed by atoms with Crippen LogP contribution in [0.3, 0.4) is 0 Å². The van der Waals surface area contributed by atoms with Gasteiger partial charge in [-0.3, -0.25) is 4.79 Å². The van der Waals surface area contributed by atoms with Crippen LogP contribution in [0.4, 0.5) is 0 Å². The lowest BCUT2D eigenvalue weighted by molar-refractivity contribution is -0.131. The van der Waals surface area contributed by atoms with Gasteiger partial charge in [0.15, 0.2) is 0 Å². The van der Waals surface area contributed by atoms with Crippen LogP contribution in [0.5, 0.6) is 0 Å². The summed E-state index contributed by atoms with van der Waals surface area (Å²) in [4.78, 5) is 13.9. The molecule has 2 atom stereocenters. The van der Waals surface area contributed by atoms with Gasteiger partial charge in [-0.2, -0.15) is 11.3 Å². The van der Waals surface area contributed by atoms with Crippen molar-refractivity contribution in [2.24, 2.45) is 0 Å². The quantitative estimate of drug-likeness (QED) is 0.822. The maximum atomic E-state index is 11.8. The number of rotatable bonds is 7. The van der Waals surface area contributed by atoms with Gasteiger partial charge >= 0.3 is 0 Å². The highest BCUT2D eigenvalue weighted by molar-refractivity contribution is 7.07. The molecule has 1 aromatic heterocycles. The molecule has 5 heteroatoms. The highest BCUT2D eigenvalue weighted by Gasteiger charge is 2.18. The van der Waals surface area contributed by atoms with E-state index in [1.807, 2.05) is 21.0 Å². The Bertz CT molecular complexity index is 352. The van der Waals surface area contributed by atoms with Crippen molar-refractivity contribution in [2.75, 3.05) is 27.2 Å². The third-order valence-electron chi connectivity index (χ3n) is 2.81. The van der Waals surface area contributed by atoms with Gasteiger partial charge in [-0.25, -0.2) is 0 Å². The van der Waals surface area contributed by atoms with Crippen LogP contribution in [-0.2, 0) is 9.53 Å². The molecule has 102 valence electrons. The van der Waals surface area contributed by atoms with E-state index >= 15 is 0 Å². The molecule has 0 radical (unpaired) electrons. The monoisotopic (exact) mass is 270 g/mol. The molecule has 18 heavy (non-hydrogen) atoms. The molecule has 1 heterocycles. The van der Waals surface area contributed by atoms with E-state index in [9.17, 15) is 4.79 Å². The van der Waals surface area contributed by atoms with Gasteiger partial charge in [0.2, 0.25) is 5.91 Å². The van der Waals surface area contributed by atoms with E-state index in [1.165, 1.54) is 5.56 Å². The van der Waals surface area contributed by atoms with E-state index in [0.717, 1.165) is 0 Å². The Labute approximate surface area is 113 Å². The molecule has 0 aliphatic heterocycles. The molecule has 0 aromatic carbocycles. The Morgan fingerprint density at radius 3 is 2.78 bits per heavy atom. The normalized spacial score (nSPS) is 14.5. The van der Waals surface area contributed by atoms with Gasteiger partial charge in [-0.1, -0.05) is 0 Å². The number of likely N-dealkylation sites (N-methyl/N-ethyl adjacent to an activating group) is 1. The number of thiophene rings is 1. The lowest BCUT2D eigenvalue weighted by atomic mass is 10.1. The number of nitrogens with one attached hydrogen (secondary N) is 1. The molecule has 4 nitrogen and oxygen atoms in total. The fourth-order valence-corrected chi connectivity index (χ4v) is 2.44. The number of hydrogen-bond donors (Lipinski definition) is 1. The summed E-state index contributed by atoms with van der Waals surface area (Å²) in [5.41, 5.74) is 1.23. The fourth-order valence-electron chi connectivity index (χ4n) is 1.73. The molecule has 1 aromatic rings. The van der Waals surface area contributed by atoms with Crippen molar-refractivity contribution in [1.29, 1.82) is 0 Å². The maximum Gasteiger partial charge on any atom is 0.248 e. The smallest absolute Gasteiger partial charge is 0.248 e. The predicted octanol–water partition coefficient (Wildman–Crippen LogP) is 1.89. The molecule has 1 N–H and O–H groups in total. The molecule has 0 bridgehead atoms. The average molecular weight is 270 g/mol. The van der Waals surface area contributed by atoms with Gasteiger partial charge in [-0.05, 0) is 50.3 Å². The van der Waals surface area contributed by atoms with Crippen LogP contribution in [0.25, 0.3) is 0 Å². The second-order valence-electron chi connectivity index (χ2n) is 4.38. The Morgan fingerprint density at radius 1 is 1.56 bits per heavy atom. The van der Waals surface area contributed by atoms with Gasteiger partial charge in [0.1, 0.15) is 6.10 Å². The van der Waals surface area contributed by atoms with E-state index in [2.05, 4.69) is 27.0 Å². The lowest BCUT2D eigenvalue weighted by Gasteiger charge is -2.24. The highest BCUT2D eigenvalue weighted by Crippen LogP contribution is 2.19. The summed E-state index contributed by atoms with van der Waals surface area (Å²) in [6.45, 7) is 4.81. The first-order chi connectivity index (χ1) is 8.56. The first kappa shape index (κ1) is 15.1. The van der Waals surface area contributed by atoms with Crippen LogP contribution in [0, 0.1) is 0 Å². The van der Waals surface area contributed by atoms with Gasteiger partial charge < -0.3 is 15.0 Å². The number of hydrogen-bond acceptors (Lipinski definition) is 4. The molecular formula is C13H22N2O2S. The topological polar surface area (TPSA) is 41.6 Å². The molecule has 2 unspecified atom stereocenters. The van der Waals surface area contributed by atoms with Gasteiger partial charge in [0, 0.05) is 13.2 Å². The zero-order valence-electron chi connectivity index (χ0n) is 11.5. The highest BCUT2D eigenvalue weighted by atomic mass is 32.1. The first-order valence-corrected chi connectivity index (χ1v) is 7.08. The summed E-state index contributed by atoms with van der Waals surface area (Å²) in [6, 6.07) is 2.29. The lowest BCUT2D eigenvalue weighted by Crippen LogP contribution is -2.39. The molecule has 0 aliphatic carbocycles. The zero-order chi connectivity index (χ0) is 13.5. The summed E-state index contributed by atoms with van der Waals surface area (Å²) >= 11 is 1.67. The largest absolute Gasteiger partial charge is 0.369 e. The van der Waals surface area contributed by atoms with E-state index in [1.54, 1.807) is 18.3 Å². The van der Waals surface area contributed by atoms with Gasteiger partial charge in [-0.15, -0.1) is 0 Å². The van der Waals surface area contributed by atoms with Crippen molar-refractivity contribution < 1.29 is 9.53 Å². The second kappa shape index (κ2) is 7.51. The van der Waals surface area contributed by atoms with Crippen molar-refractivity contribution in [3.05, 3.63) is 22.4 Å². The Kier molecular flexibility index (Phi) is 6.32. The minimum Gasteiger partial charge on any atom is -0.369 e. The SMILES string of the molecule is CCOC(C)C(=O)NCC(c1ccsc1)N(C)C. The van der Waals surface area contributed by atoms with Crippen molar-refractivity contribution in [1.82, 2.24) is 10.2 Å². The summed E-state index contributed by atoms with van der Waals surface area (Å²) < 4.78 is 5.26. The zero-order valence-corrected chi connectivity index (χ0v) is 12.3. The number of amides is 1. The van der Waals surface area contributed by atoms with Crippen LogP contribution in [0.1, 0.15) is 25.5 Å². The molecule has 0 aliphatic rings. The molecular weight excluding hydrogens is 248 g/mol. The number of carbonyl (C=O) groups excluding carboxylic acids is 1. The Morgan fingerprint density at radius 2 is 2.28 bits per heavy atom. The molecule has 0 saturated heterocycles. The third kappa shape index (κ3) is 4.40. The average Bonchev–Trinajstić information content (AvgIpc) is 2.82. The van der Waals surface area contributed by atoms with Gasteiger partial charge in [0.05, 0.1) is 6.04 Å². The van der Waals surface area contributed by atoms with Crippen LogP contribution in [-0.4, -0.2) is 44.2 Å². The van der Waals surface area contributed by atoms with Crippen molar-refractivity contribution in [3.8, 4) is 0 Å². The van der Waals surface area contributed by atoms with Crippen LogP contribution < -0.4 is 5.32 Å². The maximum absolute atomic E-state index is 11.8. The van der Waals surface area contributed by atoms with E-state index in [-0.39, 0.29) is 18.1 Å². The fraction of sp³-hybridized carbons (Fsp3) is 0.615.